The lowest BCUT2D eigenvalue weighted by molar-refractivity contribution is 0.272. The summed E-state index contributed by atoms with van der Waals surface area (Å²) in [5.41, 5.74) is 1.05. The molecule has 6 nitrogen and oxygen atoms in total. The van der Waals surface area contributed by atoms with E-state index in [1.54, 1.807) is 14.2 Å². The topological polar surface area (TPSA) is 69.4 Å². The standard InChI is InChI=1S/C14H17N3O3/c1-18-11-4-3-9(7-12(11)19-2)8-13-16-14(20-17-13)10-5-6-15-10/h3-4,7,10,15H,5-6,8H2,1-2H3/t10-/m1/s1. The Kier molecular flexibility index (Phi) is 3.56. The summed E-state index contributed by atoms with van der Waals surface area (Å²) in [6.07, 6.45) is 1.66. The van der Waals surface area contributed by atoms with E-state index in [2.05, 4.69) is 15.5 Å². The van der Waals surface area contributed by atoms with Gasteiger partial charge in [0.1, 0.15) is 0 Å². The summed E-state index contributed by atoms with van der Waals surface area (Å²) in [6, 6.07) is 6.00. The maximum absolute atomic E-state index is 5.29. The molecule has 106 valence electrons. The SMILES string of the molecule is COc1ccc(Cc2noc([C@H]3CCN3)n2)cc1OC. The number of methoxy groups -OCH3 is 2. The highest BCUT2D eigenvalue weighted by Gasteiger charge is 2.24. The molecule has 2 heterocycles. The van der Waals surface area contributed by atoms with E-state index in [0.717, 1.165) is 18.5 Å². The van der Waals surface area contributed by atoms with Crippen molar-refractivity contribution >= 4 is 0 Å². The largest absolute Gasteiger partial charge is 0.493 e. The molecule has 0 amide bonds. The molecular weight excluding hydrogens is 258 g/mol. The normalized spacial score (nSPS) is 17.6. The summed E-state index contributed by atoms with van der Waals surface area (Å²) >= 11 is 0. The summed E-state index contributed by atoms with van der Waals surface area (Å²) in [4.78, 5) is 4.41. The molecule has 1 aliphatic rings. The molecule has 0 bridgehead atoms. The summed E-state index contributed by atoms with van der Waals surface area (Å²) in [5.74, 6) is 2.77. The van der Waals surface area contributed by atoms with Crippen molar-refractivity contribution in [2.45, 2.75) is 18.9 Å². The molecular formula is C14H17N3O3. The Bertz CT molecular complexity index is 593. The van der Waals surface area contributed by atoms with Crippen LogP contribution in [0.2, 0.25) is 0 Å². The summed E-state index contributed by atoms with van der Waals surface area (Å²) in [7, 11) is 3.24. The molecule has 0 spiro atoms. The molecule has 0 radical (unpaired) electrons. The van der Waals surface area contributed by atoms with Crippen molar-refractivity contribution in [2.75, 3.05) is 20.8 Å². The van der Waals surface area contributed by atoms with Gasteiger partial charge in [-0.15, -0.1) is 0 Å². The number of hydrogen-bond donors (Lipinski definition) is 1. The lowest BCUT2D eigenvalue weighted by atomic mass is 10.1. The minimum Gasteiger partial charge on any atom is -0.493 e. The second-order valence-corrected chi connectivity index (χ2v) is 4.71. The first-order chi connectivity index (χ1) is 9.80. The summed E-state index contributed by atoms with van der Waals surface area (Å²) < 4.78 is 15.8. The van der Waals surface area contributed by atoms with E-state index in [1.165, 1.54) is 0 Å². The first-order valence-electron chi connectivity index (χ1n) is 6.57. The molecule has 1 fully saturated rings. The highest BCUT2D eigenvalue weighted by Crippen LogP contribution is 2.28. The minimum absolute atomic E-state index is 0.224. The molecule has 20 heavy (non-hydrogen) atoms. The molecule has 1 atom stereocenters. The number of nitrogens with one attached hydrogen (secondary N) is 1. The van der Waals surface area contributed by atoms with Crippen LogP contribution < -0.4 is 14.8 Å². The van der Waals surface area contributed by atoms with E-state index in [9.17, 15) is 0 Å². The quantitative estimate of drug-likeness (QED) is 0.896. The highest BCUT2D eigenvalue weighted by atomic mass is 16.5. The van der Waals surface area contributed by atoms with E-state index >= 15 is 0 Å². The third-order valence-electron chi connectivity index (χ3n) is 3.42. The maximum Gasteiger partial charge on any atom is 0.243 e. The maximum atomic E-state index is 5.29. The molecule has 1 saturated heterocycles. The molecule has 3 rings (SSSR count). The van der Waals surface area contributed by atoms with Crippen LogP contribution >= 0.6 is 0 Å². The van der Waals surface area contributed by atoms with E-state index in [1.807, 2.05) is 18.2 Å². The fourth-order valence-corrected chi connectivity index (χ4v) is 2.15. The molecule has 0 saturated carbocycles. The van der Waals surface area contributed by atoms with Crippen LogP contribution in [-0.2, 0) is 6.42 Å². The zero-order valence-electron chi connectivity index (χ0n) is 11.5. The Morgan fingerprint density at radius 1 is 1.30 bits per heavy atom. The molecule has 1 N–H and O–H groups in total. The number of nitrogens with zero attached hydrogens (tertiary/aromatic N) is 2. The van der Waals surface area contributed by atoms with Gasteiger partial charge in [0.15, 0.2) is 17.3 Å². The minimum atomic E-state index is 0.224. The Labute approximate surface area is 117 Å². The number of aromatic nitrogens is 2. The van der Waals surface area contributed by atoms with Crippen LogP contribution in [0.15, 0.2) is 22.7 Å². The second-order valence-electron chi connectivity index (χ2n) is 4.71. The smallest absolute Gasteiger partial charge is 0.243 e. The fourth-order valence-electron chi connectivity index (χ4n) is 2.15. The predicted octanol–water partition coefficient (Wildman–Crippen LogP) is 1.71. The van der Waals surface area contributed by atoms with E-state index in [-0.39, 0.29) is 6.04 Å². The summed E-state index contributed by atoms with van der Waals surface area (Å²) in [6.45, 7) is 1.01. The molecule has 2 aromatic rings. The van der Waals surface area contributed by atoms with Gasteiger partial charge in [0.25, 0.3) is 0 Å². The Morgan fingerprint density at radius 2 is 2.10 bits per heavy atom. The van der Waals surface area contributed by atoms with Gasteiger partial charge in [-0.25, -0.2) is 0 Å². The van der Waals surface area contributed by atoms with Crippen molar-refractivity contribution in [3.8, 4) is 11.5 Å². The van der Waals surface area contributed by atoms with Gasteiger partial charge >= 0.3 is 0 Å². The van der Waals surface area contributed by atoms with Crippen molar-refractivity contribution in [2.24, 2.45) is 0 Å². The molecule has 1 aromatic carbocycles. The van der Waals surface area contributed by atoms with E-state index < -0.39 is 0 Å². The van der Waals surface area contributed by atoms with Crippen LogP contribution in [0, 0.1) is 0 Å². The van der Waals surface area contributed by atoms with Crippen LogP contribution in [0.5, 0.6) is 11.5 Å². The number of hydrogen-bond acceptors (Lipinski definition) is 6. The summed E-state index contributed by atoms with van der Waals surface area (Å²) in [5, 5.41) is 7.25. The molecule has 1 aliphatic heterocycles. The molecule has 1 aromatic heterocycles. The van der Waals surface area contributed by atoms with Crippen LogP contribution in [0.25, 0.3) is 0 Å². The first-order valence-corrected chi connectivity index (χ1v) is 6.57. The average molecular weight is 275 g/mol. The number of ether oxygens (including phenoxy) is 2. The van der Waals surface area contributed by atoms with Crippen LogP contribution in [0.4, 0.5) is 0 Å². The highest BCUT2D eigenvalue weighted by molar-refractivity contribution is 5.43. The number of benzene rings is 1. The van der Waals surface area contributed by atoms with E-state index in [0.29, 0.717) is 29.6 Å². The molecule has 6 heteroatoms. The molecule has 0 aliphatic carbocycles. The van der Waals surface area contributed by atoms with Gasteiger partial charge < -0.3 is 19.3 Å². The Hall–Kier alpha value is -2.08. The average Bonchev–Trinajstić information content (AvgIpc) is 2.84. The van der Waals surface area contributed by atoms with Crippen molar-refractivity contribution in [1.29, 1.82) is 0 Å². The number of rotatable bonds is 5. The van der Waals surface area contributed by atoms with Gasteiger partial charge in [-0.2, -0.15) is 4.98 Å². The lowest BCUT2D eigenvalue weighted by Gasteiger charge is -2.23. The Balaban J connectivity index is 1.75. The van der Waals surface area contributed by atoms with Crippen LogP contribution in [0.3, 0.4) is 0 Å². The fraction of sp³-hybridized carbons (Fsp3) is 0.429. The second kappa shape index (κ2) is 5.50. The van der Waals surface area contributed by atoms with Gasteiger partial charge in [0, 0.05) is 6.42 Å². The van der Waals surface area contributed by atoms with Crippen LogP contribution in [0.1, 0.15) is 29.7 Å². The van der Waals surface area contributed by atoms with Gasteiger partial charge in [-0.3, -0.25) is 0 Å². The van der Waals surface area contributed by atoms with Gasteiger partial charge in [-0.1, -0.05) is 11.2 Å². The van der Waals surface area contributed by atoms with E-state index in [4.69, 9.17) is 14.0 Å². The third-order valence-corrected chi connectivity index (χ3v) is 3.42. The zero-order chi connectivity index (χ0) is 13.9. The van der Waals surface area contributed by atoms with Crippen molar-refractivity contribution in [1.82, 2.24) is 15.5 Å². The van der Waals surface area contributed by atoms with Gasteiger partial charge in [0.2, 0.25) is 5.89 Å². The van der Waals surface area contributed by atoms with Crippen molar-refractivity contribution in [3.63, 3.8) is 0 Å². The zero-order valence-corrected chi connectivity index (χ0v) is 11.5. The molecule has 0 unspecified atom stereocenters. The lowest BCUT2D eigenvalue weighted by Crippen LogP contribution is -2.35. The van der Waals surface area contributed by atoms with Crippen LogP contribution in [-0.4, -0.2) is 30.9 Å². The van der Waals surface area contributed by atoms with Crippen molar-refractivity contribution < 1.29 is 14.0 Å². The monoisotopic (exact) mass is 275 g/mol. The third kappa shape index (κ3) is 2.46. The Morgan fingerprint density at radius 3 is 2.75 bits per heavy atom. The van der Waals surface area contributed by atoms with Crippen molar-refractivity contribution in [3.05, 3.63) is 35.5 Å². The predicted molar refractivity (Wildman–Crippen MR) is 72.0 cm³/mol. The first kappa shape index (κ1) is 12.9. The van der Waals surface area contributed by atoms with Gasteiger partial charge in [-0.05, 0) is 30.7 Å². The van der Waals surface area contributed by atoms with Gasteiger partial charge in [0.05, 0.1) is 20.3 Å².